The lowest BCUT2D eigenvalue weighted by molar-refractivity contribution is -0.127. The summed E-state index contributed by atoms with van der Waals surface area (Å²) < 4.78 is 0. The number of likely N-dealkylation sites (N-methyl/N-ethyl adjacent to an activating group) is 1. The van der Waals surface area contributed by atoms with Crippen LogP contribution in [0.5, 0.6) is 0 Å². The third-order valence-electron chi connectivity index (χ3n) is 3.12. The highest BCUT2D eigenvalue weighted by molar-refractivity contribution is 9.09. The van der Waals surface area contributed by atoms with Crippen LogP contribution in [0, 0.1) is 5.92 Å². The van der Waals surface area contributed by atoms with Gasteiger partial charge in [0.1, 0.15) is 0 Å². The van der Waals surface area contributed by atoms with Gasteiger partial charge in [0.15, 0.2) is 0 Å². The number of alkyl halides is 1. The summed E-state index contributed by atoms with van der Waals surface area (Å²) in [6, 6.07) is 0.551. The number of carbonyl (C=O) groups excluding carboxylic acids is 1. The van der Waals surface area contributed by atoms with Crippen LogP contribution in [0.4, 0.5) is 0 Å². The van der Waals surface area contributed by atoms with Crippen LogP contribution < -0.4 is 0 Å². The fourth-order valence-electron chi connectivity index (χ4n) is 1.71. The van der Waals surface area contributed by atoms with E-state index in [1.807, 2.05) is 4.90 Å². The van der Waals surface area contributed by atoms with E-state index in [1.54, 1.807) is 0 Å². The van der Waals surface area contributed by atoms with Crippen LogP contribution in [0.2, 0.25) is 0 Å². The summed E-state index contributed by atoms with van der Waals surface area (Å²) in [7, 11) is 2.10. The number of amides is 1. The molecule has 1 atom stereocenters. The van der Waals surface area contributed by atoms with Gasteiger partial charge >= 0.3 is 0 Å². The van der Waals surface area contributed by atoms with E-state index >= 15 is 0 Å². The Bertz CT molecular complexity index is 221. The summed E-state index contributed by atoms with van der Waals surface area (Å²) in [4.78, 5) is 15.9. The maximum absolute atomic E-state index is 11.6. The van der Waals surface area contributed by atoms with Crippen LogP contribution in [0.15, 0.2) is 0 Å². The molecule has 1 heterocycles. The second-order valence-electron chi connectivity index (χ2n) is 4.64. The first-order valence-corrected chi connectivity index (χ1v) is 6.70. The molecule has 1 aliphatic rings. The quantitative estimate of drug-likeness (QED) is 0.712. The van der Waals surface area contributed by atoms with Crippen molar-refractivity contribution in [2.75, 3.05) is 32.0 Å². The number of rotatable bonds is 5. The number of nitrogens with zero attached hydrogens (tertiary/aromatic N) is 2. The van der Waals surface area contributed by atoms with E-state index in [4.69, 9.17) is 0 Å². The Kier molecular flexibility index (Phi) is 5.06. The van der Waals surface area contributed by atoms with Gasteiger partial charge in [0, 0.05) is 37.4 Å². The molecule has 1 saturated heterocycles. The highest BCUT2D eigenvalue weighted by atomic mass is 79.9. The van der Waals surface area contributed by atoms with Crippen molar-refractivity contribution < 1.29 is 4.79 Å². The summed E-state index contributed by atoms with van der Waals surface area (Å²) in [6.07, 6.45) is 0.719. The van der Waals surface area contributed by atoms with E-state index in [1.165, 1.54) is 0 Å². The molecule has 1 rings (SSSR count). The van der Waals surface area contributed by atoms with Crippen LogP contribution >= 0.6 is 15.9 Å². The van der Waals surface area contributed by atoms with Gasteiger partial charge in [-0.2, -0.15) is 0 Å². The summed E-state index contributed by atoms with van der Waals surface area (Å²) >= 11 is 3.45. The van der Waals surface area contributed by atoms with Crippen molar-refractivity contribution in [1.29, 1.82) is 0 Å². The Morgan fingerprint density at radius 2 is 2.27 bits per heavy atom. The molecule has 0 aromatic carbocycles. The third kappa shape index (κ3) is 3.76. The molecule has 0 radical (unpaired) electrons. The number of hydrogen-bond donors (Lipinski definition) is 0. The standard InChI is InChI=1S/C11H21BrN2O/c1-9(2)13(3)4-5-14-8-10(7-12)6-11(14)15/h9-10H,4-8H2,1-3H3. The lowest BCUT2D eigenvalue weighted by Crippen LogP contribution is -2.37. The van der Waals surface area contributed by atoms with Crippen LogP contribution in [0.25, 0.3) is 0 Å². The van der Waals surface area contributed by atoms with Gasteiger partial charge in [-0.3, -0.25) is 4.79 Å². The first-order valence-electron chi connectivity index (χ1n) is 5.58. The normalized spacial score (nSPS) is 22.1. The van der Waals surface area contributed by atoms with Gasteiger partial charge < -0.3 is 9.80 Å². The summed E-state index contributed by atoms with van der Waals surface area (Å²) in [5, 5.41) is 0.940. The largest absolute Gasteiger partial charge is 0.341 e. The molecule has 88 valence electrons. The topological polar surface area (TPSA) is 23.6 Å². The van der Waals surface area contributed by atoms with E-state index in [-0.39, 0.29) is 0 Å². The fourth-order valence-corrected chi connectivity index (χ4v) is 2.14. The molecule has 1 amide bonds. The predicted octanol–water partition coefficient (Wildman–Crippen LogP) is 1.57. The van der Waals surface area contributed by atoms with E-state index in [0.717, 1.165) is 31.4 Å². The predicted molar refractivity (Wildman–Crippen MR) is 66.2 cm³/mol. The molecular formula is C11H21BrN2O. The van der Waals surface area contributed by atoms with Crippen molar-refractivity contribution in [2.24, 2.45) is 5.92 Å². The number of halogens is 1. The van der Waals surface area contributed by atoms with Gasteiger partial charge in [-0.25, -0.2) is 0 Å². The van der Waals surface area contributed by atoms with E-state index in [0.29, 0.717) is 17.9 Å². The number of hydrogen-bond acceptors (Lipinski definition) is 2. The zero-order valence-electron chi connectivity index (χ0n) is 9.87. The molecule has 1 aliphatic heterocycles. The van der Waals surface area contributed by atoms with E-state index in [2.05, 4.69) is 41.7 Å². The second-order valence-corrected chi connectivity index (χ2v) is 5.29. The Labute approximate surface area is 101 Å². The average molecular weight is 277 g/mol. The van der Waals surface area contributed by atoms with Gasteiger partial charge in [0.25, 0.3) is 0 Å². The average Bonchev–Trinajstić information content (AvgIpc) is 2.55. The molecule has 1 unspecified atom stereocenters. The lowest BCUT2D eigenvalue weighted by Gasteiger charge is -2.24. The van der Waals surface area contributed by atoms with Crippen molar-refractivity contribution in [2.45, 2.75) is 26.3 Å². The minimum absolute atomic E-state index is 0.316. The molecule has 0 aliphatic carbocycles. The van der Waals surface area contributed by atoms with Crippen LogP contribution in [0.1, 0.15) is 20.3 Å². The highest BCUT2D eigenvalue weighted by Crippen LogP contribution is 2.19. The monoisotopic (exact) mass is 276 g/mol. The van der Waals surface area contributed by atoms with Gasteiger partial charge in [-0.05, 0) is 26.8 Å². The minimum Gasteiger partial charge on any atom is -0.341 e. The first-order chi connectivity index (χ1) is 7.04. The smallest absolute Gasteiger partial charge is 0.222 e. The van der Waals surface area contributed by atoms with Gasteiger partial charge in [-0.15, -0.1) is 0 Å². The summed E-state index contributed by atoms with van der Waals surface area (Å²) in [5.41, 5.74) is 0. The summed E-state index contributed by atoms with van der Waals surface area (Å²) in [6.45, 7) is 7.12. The molecule has 4 heteroatoms. The Hall–Kier alpha value is -0.0900. The van der Waals surface area contributed by atoms with E-state index < -0.39 is 0 Å². The molecule has 0 aromatic heterocycles. The molecule has 0 N–H and O–H groups in total. The first kappa shape index (κ1) is 13.0. The maximum atomic E-state index is 11.6. The minimum atomic E-state index is 0.316. The maximum Gasteiger partial charge on any atom is 0.222 e. The van der Waals surface area contributed by atoms with Crippen molar-refractivity contribution in [3.05, 3.63) is 0 Å². The fraction of sp³-hybridized carbons (Fsp3) is 0.909. The van der Waals surface area contributed by atoms with Crippen LogP contribution in [-0.2, 0) is 4.79 Å². The molecule has 0 saturated carbocycles. The molecule has 3 nitrogen and oxygen atoms in total. The molecule has 0 aromatic rings. The van der Waals surface area contributed by atoms with Gasteiger partial charge in [-0.1, -0.05) is 15.9 Å². The van der Waals surface area contributed by atoms with Gasteiger partial charge in [0.2, 0.25) is 5.91 Å². The van der Waals surface area contributed by atoms with E-state index in [9.17, 15) is 4.79 Å². The Morgan fingerprint density at radius 1 is 1.60 bits per heavy atom. The van der Waals surface area contributed by atoms with Crippen molar-refractivity contribution in [1.82, 2.24) is 9.80 Å². The van der Waals surface area contributed by atoms with Crippen molar-refractivity contribution >= 4 is 21.8 Å². The van der Waals surface area contributed by atoms with Crippen molar-refractivity contribution in [3.8, 4) is 0 Å². The zero-order chi connectivity index (χ0) is 11.4. The molecule has 15 heavy (non-hydrogen) atoms. The highest BCUT2D eigenvalue weighted by Gasteiger charge is 2.28. The Morgan fingerprint density at radius 3 is 2.73 bits per heavy atom. The van der Waals surface area contributed by atoms with Crippen molar-refractivity contribution in [3.63, 3.8) is 0 Å². The Balaban J connectivity index is 2.30. The number of carbonyl (C=O) groups is 1. The molecule has 0 bridgehead atoms. The number of likely N-dealkylation sites (tertiary alicyclic amines) is 1. The van der Waals surface area contributed by atoms with Crippen LogP contribution in [-0.4, -0.2) is 53.8 Å². The third-order valence-corrected chi connectivity index (χ3v) is 4.03. The summed E-state index contributed by atoms with van der Waals surface area (Å²) in [5.74, 6) is 0.832. The van der Waals surface area contributed by atoms with Gasteiger partial charge in [0.05, 0.1) is 0 Å². The molecular weight excluding hydrogens is 256 g/mol. The second kappa shape index (κ2) is 5.85. The molecule has 1 fully saturated rings. The SMILES string of the molecule is CC(C)N(C)CCN1CC(CBr)CC1=O. The van der Waals surface area contributed by atoms with Crippen LogP contribution in [0.3, 0.4) is 0 Å². The zero-order valence-corrected chi connectivity index (χ0v) is 11.5. The molecule has 0 spiro atoms. The lowest BCUT2D eigenvalue weighted by atomic mass is 10.2.